The molecular formula is C19H18N4O7S. The molecule has 3 rings (SSSR count). The van der Waals surface area contributed by atoms with Crippen LogP contribution in [0.15, 0.2) is 41.4 Å². The number of hydrogen-bond acceptors (Lipinski definition) is 8. The maximum atomic E-state index is 12.8. The van der Waals surface area contributed by atoms with Crippen molar-refractivity contribution in [3.63, 3.8) is 0 Å². The number of non-ortho nitro benzene ring substituents is 2. The summed E-state index contributed by atoms with van der Waals surface area (Å²) >= 11 is 1.23. The average Bonchev–Trinajstić information content (AvgIpc) is 3.09. The quantitative estimate of drug-likeness (QED) is 0.294. The summed E-state index contributed by atoms with van der Waals surface area (Å²) in [4.78, 5) is 37.8. The van der Waals surface area contributed by atoms with Gasteiger partial charge in [0.05, 0.1) is 45.4 Å². The number of carbonyl (C=O) groups excluding carboxylic acids is 1. The van der Waals surface area contributed by atoms with E-state index in [-0.39, 0.29) is 5.56 Å². The van der Waals surface area contributed by atoms with Gasteiger partial charge in [-0.25, -0.2) is 0 Å². The number of rotatable bonds is 8. The van der Waals surface area contributed by atoms with Gasteiger partial charge in [0.15, 0.2) is 4.80 Å². The maximum absolute atomic E-state index is 12.8. The molecule has 12 heteroatoms. The predicted octanol–water partition coefficient (Wildman–Crippen LogP) is 3.31. The van der Waals surface area contributed by atoms with E-state index in [4.69, 9.17) is 9.47 Å². The zero-order valence-corrected chi connectivity index (χ0v) is 17.5. The fraction of sp³-hybridized carbons (Fsp3) is 0.263. The summed E-state index contributed by atoms with van der Waals surface area (Å²) in [6, 6.07) is 8.16. The van der Waals surface area contributed by atoms with E-state index in [0.29, 0.717) is 30.3 Å². The molecule has 0 saturated heterocycles. The summed E-state index contributed by atoms with van der Waals surface area (Å²) in [7, 11) is 1.54. The van der Waals surface area contributed by atoms with Crippen molar-refractivity contribution in [2.75, 3.05) is 20.3 Å². The Labute approximate surface area is 179 Å². The Hall–Kier alpha value is -3.64. The van der Waals surface area contributed by atoms with E-state index in [0.717, 1.165) is 28.4 Å². The van der Waals surface area contributed by atoms with E-state index in [9.17, 15) is 25.0 Å². The number of fused-ring (bicyclic) bond motifs is 1. The number of methoxy groups -OCH3 is 1. The van der Waals surface area contributed by atoms with Crippen molar-refractivity contribution >= 4 is 38.8 Å². The van der Waals surface area contributed by atoms with Gasteiger partial charge in [0.2, 0.25) is 0 Å². The molecule has 1 heterocycles. The highest BCUT2D eigenvalue weighted by Crippen LogP contribution is 2.25. The van der Waals surface area contributed by atoms with E-state index in [2.05, 4.69) is 4.99 Å². The van der Waals surface area contributed by atoms with Crippen molar-refractivity contribution in [3.05, 3.63) is 67.0 Å². The molecule has 0 bridgehead atoms. The number of hydrogen-bond donors (Lipinski definition) is 0. The van der Waals surface area contributed by atoms with Gasteiger partial charge in [0, 0.05) is 25.3 Å². The summed E-state index contributed by atoms with van der Waals surface area (Å²) in [6.45, 7) is 3.20. The second-order valence-electron chi connectivity index (χ2n) is 6.24. The summed E-state index contributed by atoms with van der Waals surface area (Å²) in [5.41, 5.74) is -0.550. The van der Waals surface area contributed by atoms with Crippen LogP contribution in [-0.4, -0.2) is 40.6 Å². The Bertz CT molecular complexity index is 1200. The van der Waals surface area contributed by atoms with Gasteiger partial charge in [-0.15, -0.1) is 0 Å². The summed E-state index contributed by atoms with van der Waals surface area (Å²) < 4.78 is 13.3. The van der Waals surface area contributed by atoms with Crippen LogP contribution in [-0.2, 0) is 11.3 Å². The molecule has 0 atom stereocenters. The van der Waals surface area contributed by atoms with E-state index in [1.165, 1.54) is 11.3 Å². The van der Waals surface area contributed by atoms with Crippen LogP contribution < -0.4 is 9.54 Å². The number of nitrogens with zero attached hydrogens (tertiary/aromatic N) is 4. The Morgan fingerprint density at radius 3 is 2.39 bits per heavy atom. The number of amides is 1. The third-order valence-electron chi connectivity index (χ3n) is 4.32. The Morgan fingerprint density at radius 1 is 1.13 bits per heavy atom. The minimum atomic E-state index is -0.824. The molecule has 11 nitrogen and oxygen atoms in total. The van der Waals surface area contributed by atoms with E-state index < -0.39 is 27.1 Å². The van der Waals surface area contributed by atoms with Crippen LogP contribution >= 0.6 is 11.3 Å². The molecule has 0 spiro atoms. The number of thiazole rings is 1. The first-order valence-electron chi connectivity index (χ1n) is 9.12. The minimum absolute atomic E-state index is 0.243. The largest absolute Gasteiger partial charge is 0.497 e. The average molecular weight is 446 g/mol. The van der Waals surface area contributed by atoms with Gasteiger partial charge < -0.3 is 14.0 Å². The number of aromatic nitrogens is 1. The second-order valence-corrected chi connectivity index (χ2v) is 7.25. The van der Waals surface area contributed by atoms with Crippen LogP contribution in [0.4, 0.5) is 11.4 Å². The predicted molar refractivity (Wildman–Crippen MR) is 113 cm³/mol. The molecule has 0 aliphatic carbocycles. The highest BCUT2D eigenvalue weighted by atomic mass is 32.1. The van der Waals surface area contributed by atoms with E-state index in [1.54, 1.807) is 23.8 Å². The van der Waals surface area contributed by atoms with Crippen LogP contribution in [0.25, 0.3) is 10.2 Å². The third-order valence-corrected chi connectivity index (χ3v) is 5.36. The molecule has 2 aromatic carbocycles. The Kier molecular flexibility index (Phi) is 6.72. The summed E-state index contributed by atoms with van der Waals surface area (Å²) in [5.74, 6) is -0.187. The first kappa shape index (κ1) is 22.1. The third kappa shape index (κ3) is 4.92. The lowest BCUT2D eigenvalue weighted by molar-refractivity contribution is -0.394. The van der Waals surface area contributed by atoms with Crippen LogP contribution in [0.1, 0.15) is 17.3 Å². The first-order chi connectivity index (χ1) is 14.8. The van der Waals surface area contributed by atoms with Gasteiger partial charge in [-0.1, -0.05) is 11.3 Å². The summed E-state index contributed by atoms with van der Waals surface area (Å²) in [5, 5.41) is 22.2. The van der Waals surface area contributed by atoms with Gasteiger partial charge in [0.25, 0.3) is 17.3 Å². The van der Waals surface area contributed by atoms with Gasteiger partial charge >= 0.3 is 0 Å². The van der Waals surface area contributed by atoms with Crippen molar-refractivity contribution in [2.45, 2.75) is 13.5 Å². The number of ether oxygens (including phenoxy) is 2. The van der Waals surface area contributed by atoms with Crippen LogP contribution in [0, 0.1) is 20.2 Å². The fourth-order valence-corrected chi connectivity index (χ4v) is 3.95. The van der Waals surface area contributed by atoms with E-state index in [1.807, 2.05) is 13.0 Å². The van der Waals surface area contributed by atoms with Gasteiger partial charge in [-0.2, -0.15) is 4.99 Å². The smallest absolute Gasteiger partial charge is 0.280 e. The molecule has 3 aromatic rings. The Balaban J connectivity index is 2.12. The topological polar surface area (TPSA) is 139 Å². The van der Waals surface area contributed by atoms with Crippen molar-refractivity contribution in [1.29, 1.82) is 0 Å². The molecule has 0 radical (unpaired) electrons. The highest BCUT2D eigenvalue weighted by molar-refractivity contribution is 7.16. The molecule has 0 fully saturated rings. The molecule has 31 heavy (non-hydrogen) atoms. The molecule has 0 N–H and O–H groups in total. The zero-order chi connectivity index (χ0) is 22.5. The van der Waals surface area contributed by atoms with E-state index >= 15 is 0 Å². The number of benzene rings is 2. The molecule has 0 aliphatic rings. The fourth-order valence-electron chi connectivity index (χ4n) is 2.86. The highest BCUT2D eigenvalue weighted by Gasteiger charge is 2.20. The van der Waals surface area contributed by atoms with Crippen molar-refractivity contribution < 1.29 is 24.1 Å². The monoisotopic (exact) mass is 446 g/mol. The molecule has 1 amide bonds. The SMILES string of the molecule is CCOCCn1c(=NC(=O)c2cc([N+](=O)[O-])cc([N+](=O)[O-])c2)sc2cc(OC)ccc21. The molecule has 0 saturated carbocycles. The van der Waals surface area contributed by atoms with Crippen molar-refractivity contribution in [1.82, 2.24) is 4.57 Å². The Morgan fingerprint density at radius 2 is 1.81 bits per heavy atom. The lowest BCUT2D eigenvalue weighted by atomic mass is 10.1. The number of carbonyl (C=O) groups is 1. The van der Waals surface area contributed by atoms with Gasteiger partial charge in [-0.3, -0.25) is 25.0 Å². The van der Waals surface area contributed by atoms with Crippen molar-refractivity contribution in [2.24, 2.45) is 4.99 Å². The zero-order valence-electron chi connectivity index (χ0n) is 16.6. The van der Waals surface area contributed by atoms with Crippen molar-refractivity contribution in [3.8, 4) is 5.75 Å². The number of nitro groups is 2. The lowest BCUT2D eigenvalue weighted by Gasteiger charge is -2.06. The second kappa shape index (κ2) is 9.45. The lowest BCUT2D eigenvalue weighted by Crippen LogP contribution is -2.19. The molecule has 0 aliphatic heterocycles. The van der Waals surface area contributed by atoms with Crippen LogP contribution in [0.5, 0.6) is 5.75 Å². The van der Waals surface area contributed by atoms with Gasteiger partial charge in [0.1, 0.15) is 5.75 Å². The molecule has 1 aromatic heterocycles. The number of nitro benzene ring substituents is 2. The van der Waals surface area contributed by atoms with Crippen LogP contribution in [0.2, 0.25) is 0 Å². The summed E-state index contributed by atoms with van der Waals surface area (Å²) in [6.07, 6.45) is 0. The maximum Gasteiger partial charge on any atom is 0.280 e. The van der Waals surface area contributed by atoms with Gasteiger partial charge in [-0.05, 0) is 25.1 Å². The molecule has 162 valence electrons. The normalized spacial score (nSPS) is 11.6. The first-order valence-corrected chi connectivity index (χ1v) is 9.93. The van der Waals surface area contributed by atoms with Crippen LogP contribution in [0.3, 0.4) is 0 Å². The standard InChI is InChI=1S/C19H18N4O7S/c1-3-30-7-6-21-16-5-4-15(29-2)11-17(16)31-19(21)20-18(24)12-8-13(22(25)26)10-14(9-12)23(27)28/h4-5,8-11H,3,6-7H2,1-2H3. The molecule has 0 unspecified atom stereocenters. The molecular weight excluding hydrogens is 428 g/mol. The minimum Gasteiger partial charge on any atom is -0.497 e.